The Balaban J connectivity index is 1.60. The Labute approximate surface area is 171 Å². The van der Waals surface area contributed by atoms with E-state index in [1.807, 2.05) is 31.2 Å². The number of ether oxygens (including phenoxy) is 1. The number of aromatic amines is 1. The molecule has 2 N–H and O–H groups in total. The normalized spacial score (nSPS) is 15.7. The maximum Gasteiger partial charge on any atom is 0.273 e. The summed E-state index contributed by atoms with van der Waals surface area (Å²) < 4.78 is 5.82. The zero-order valence-corrected chi connectivity index (χ0v) is 17.2. The third-order valence-electron chi connectivity index (χ3n) is 5.34. The third kappa shape index (κ3) is 6.14. The second kappa shape index (κ2) is 10.2. The van der Waals surface area contributed by atoms with Crippen molar-refractivity contribution in [2.45, 2.75) is 77.4 Å². The van der Waals surface area contributed by atoms with Gasteiger partial charge in [0.15, 0.2) is 5.82 Å². The van der Waals surface area contributed by atoms with Crippen LogP contribution in [0.2, 0.25) is 0 Å². The quantitative estimate of drug-likeness (QED) is 0.710. The highest BCUT2D eigenvalue weighted by Crippen LogP contribution is 2.21. The molecule has 7 nitrogen and oxygen atoms in total. The summed E-state index contributed by atoms with van der Waals surface area (Å²) >= 11 is 0. The van der Waals surface area contributed by atoms with Crippen LogP contribution < -0.4 is 15.6 Å². The van der Waals surface area contributed by atoms with Crippen molar-refractivity contribution < 1.29 is 9.53 Å². The van der Waals surface area contributed by atoms with E-state index in [0.29, 0.717) is 5.82 Å². The predicted octanol–water partition coefficient (Wildman–Crippen LogP) is 3.39. The van der Waals surface area contributed by atoms with Crippen LogP contribution in [0.5, 0.6) is 5.75 Å². The highest BCUT2D eigenvalue weighted by molar-refractivity contribution is 5.76. The van der Waals surface area contributed by atoms with Crippen LogP contribution in [-0.2, 0) is 11.2 Å². The highest BCUT2D eigenvalue weighted by Gasteiger charge is 2.16. The van der Waals surface area contributed by atoms with Crippen LogP contribution in [0.1, 0.15) is 64.5 Å². The van der Waals surface area contributed by atoms with Gasteiger partial charge < -0.3 is 15.0 Å². The molecule has 1 saturated carbocycles. The first-order valence-electron chi connectivity index (χ1n) is 10.6. The summed E-state index contributed by atoms with van der Waals surface area (Å²) in [5, 5.41) is 11.3. The van der Waals surface area contributed by atoms with Crippen LogP contribution in [0.15, 0.2) is 29.1 Å². The van der Waals surface area contributed by atoms with Gasteiger partial charge in [-0.05, 0) is 38.3 Å². The smallest absolute Gasteiger partial charge is 0.273 e. The number of hydrogen-bond acceptors (Lipinski definition) is 5. The summed E-state index contributed by atoms with van der Waals surface area (Å²) in [5.41, 5.74) is 0.699. The van der Waals surface area contributed by atoms with Crippen molar-refractivity contribution in [3.63, 3.8) is 0 Å². The largest absolute Gasteiger partial charge is 0.491 e. The average molecular weight is 399 g/mol. The van der Waals surface area contributed by atoms with E-state index in [1.165, 1.54) is 19.3 Å². The van der Waals surface area contributed by atoms with Crippen molar-refractivity contribution in [3.8, 4) is 17.1 Å². The molecule has 29 heavy (non-hydrogen) atoms. The summed E-state index contributed by atoms with van der Waals surface area (Å²) in [7, 11) is 0. The summed E-state index contributed by atoms with van der Waals surface area (Å²) in [6.07, 6.45) is 7.20. The molecular formula is C22H30N4O3. The van der Waals surface area contributed by atoms with Crippen molar-refractivity contribution in [1.82, 2.24) is 20.5 Å². The Morgan fingerprint density at radius 1 is 1.28 bits per heavy atom. The SMILES string of the molecule is CCC(C)Oc1cccc(-c2nnc(CCC(=O)NC3CCCCC3)c(=O)[nH]2)c1. The molecule has 1 aliphatic carbocycles. The molecule has 1 aliphatic rings. The fourth-order valence-electron chi connectivity index (χ4n) is 3.46. The summed E-state index contributed by atoms with van der Waals surface area (Å²) in [5.74, 6) is 1.08. The van der Waals surface area contributed by atoms with Gasteiger partial charge in [0.2, 0.25) is 5.91 Å². The van der Waals surface area contributed by atoms with Gasteiger partial charge in [-0.15, -0.1) is 10.2 Å². The number of carbonyl (C=O) groups excluding carboxylic acids is 1. The minimum atomic E-state index is -0.311. The minimum absolute atomic E-state index is 0.0305. The Morgan fingerprint density at radius 3 is 2.79 bits per heavy atom. The van der Waals surface area contributed by atoms with Gasteiger partial charge in [0, 0.05) is 24.4 Å². The zero-order chi connectivity index (χ0) is 20.6. The van der Waals surface area contributed by atoms with E-state index in [4.69, 9.17) is 4.74 Å². The molecule has 1 aromatic heterocycles. The molecule has 2 aromatic rings. The third-order valence-corrected chi connectivity index (χ3v) is 5.34. The van der Waals surface area contributed by atoms with Gasteiger partial charge in [0.05, 0.1) is 6.10 Å². The van der Waals surface area contributed by atoms with Crippen molar-refractivity contribution in [1.29, 1.82) is 0 Å². The maximum absolute atomic E-state index is 12.4. The maximum atomic E-state index is 12.4. The van der Waals surface area contributed by atoms with Crippen LogP contribution in [0.4, 0.5) is 0 Å². The van der Waals surface area contributed by atoms with E-state index < -0.39 is 0 Å². The van der Waals surface area contributed by atoms with Crippen LogP contribution in [-0.4, -0.2) is 33.2 Å². The molecule has 156 valence electrons. The molecular weight excluding hydrogens is 368 g/mol. The number of aromatic nitrogens is 3. The molecule has 0 aliphatic heterocycles. The molecule has 1 aromatic carbocycles. The van der Waals surface area contributed by atoms with E-state index >= 15 is 0 Å². The summed E-state index contributed by atoms with van der Waals surface area (Å²) in [4.78, 5) is 27.3. The molecule has 1 atom stereocenters. The molecule has 0 saturated heterocycles. The second-order valence-corrected chi connectivity index (χ2v) is 7.72. The monoisotopic (exact) mass is 398 g/mol. The van der Waals surface area contributed by atoms with Gasteiger partial charge in [-0.3, -0.25) is 9.59 Å². The molecule has 3 rings (SSSR count). The molecule has 1 amide bonds. The Bertz CT molecular complexity index is 874. The first-order chi connectivity index (χ1) is 14.0. The minimum Gasteiger partial charge on any atom is -0.491 e. The van der Waals surface area contributed by atoms with Gasteiger partial charge in [-0.1, -0.05) is 38.3 Å². The number of carbonyl (C=O) groups is 1. The van der Waals surface area contributed by atoms with Crippen molar-refractivity contribution in [3.05, 3.63) is 40.3 Å². The highest BCUT2D eigenvalue weighted by atomic mass is 16.5. The lowest BCUT2D eigenvalue weighted by atomic mass is 9.95. The number of nitrogens with one attached hydrogen (secondary N) is 2. The number of hydrogen-bond donors (Lipinski definition) is 2. The van der Waals surface area contributed by atoms with E-state index in [2.05, 4.69) is 27.4 Å². The van der Waals surface area contributed by atoms with E-state index in [0.717, 1.165) is 30.6 Å². The number of H-pyrrole nitrogens is 1. The van der Waals surface area contributed by atoms with Crippen molar-refractivity contribution in [2.24, 2.45) is 0 Å². The van der Waals surface area contributed by atoms with E-state index in [-0.39, 0.29) is 42.1 Å². The Morgan fingerprint density at radius 2 is 2.07 bits per heavy atom. The van der Waals surface area contributed by atoms with E-state index in [9.17, 15) is 9.59 Å². The van der Waals surface area contributed by atoms with Crippen LogP contribution in [0.25, 0.3) is 11.4 Å². The molecule has 1 fully saturated rings. The number of rotatable bonds is 8. The molecule has 7 heteroatoms. The van der Waals surface area contributed by atoms with Gasteiger partial charge in [0.1, 0.15) is 11.4 Å². The topological polar surface area (TPSA) is 97.0 Å². The van der Waals surface area contributed by atoms with Gasteiger partial charge in [-0.25, -0.2) is 0 Å². The van der Waals surface area contributed by atoms with Crippen LogP contribution in [0.3, 0.4) is 0 Å². The van der Waals surface area contributed by atoms with Gasteiger partial charge in [0.25, 0.3) is 5.56 Å². The zero-order valence-electron chi connectivity index (χ0n) is 17.2. The Kier molecular flexibility index (Phi) is 7.38. The number of amides is 1. The molecule has 1 unspecified atom stereocenters. The fraction of sp³-hybridized carbons (Fsp3) is 0.545. The second-order valence-electron chi connectivity index (χ2n) is 7.72. The van der Waals surface area contributed by atoms with E-state index in [1.54, 1.807) is 0 Å². The lowest BCUT2D eigenvalue weighted by Gasteiger charge is -2.22. The first-order valence-corrected chi connectivity index (χ1v) is 10.6. The predicted molar refractivity (Wildman–Crippen MR) is 112 cm³/mol. The molecule has 1 heterocycles. The molecule has 0 radical (unpaired) electrons. The molecule has 0 bridgehead atoms. The number of benzene rings is 1. The van der Waals surface area contributed by atoms with Crippen molar-refractivity contribution in [2.75, 3.05) is 0 Å². The average Bonchev–Trinajstić information content (AvgIpc) is 2.73. The van der Waals surface area contributed by atoms with Gasteiger partial charge in [-0.2, -0.15) is 0 Å². The van der Waals surface area contributed by atoms with Gasteiger partial charge >= 0.3 is 0 Å². The molecule has 0 spiro atoms. The number of aryl methyl sites for hydroxylation is 1. The summed E-state index contributed by atoms with van der Waals surface area (Å²) in [6.45, 7) is 4.07. The van der Waals surface area contributed by atoms with Crippen molar-refractivity contribution >= 4 is 5.91 Å². The summed E-state index contributed by atoms with van der Waals surface area (Å²) in [6, 6.07) is 7.69. The number of nitrogens with zero attached hydrogens (tertiary/aromatic N) is 2. The standard InChI is InChI=1S/C22H30N4O3/c1-3-15(2)29-18-11-7-8-16(14-18)21-24-22(28)19(25-26-21)12-13-20(27)23-17-9-5-4-6-10-17/h7-8,11,14-15,17H,3-6,9-10,12-13H2,1-2H3,(H,23,27)(H,24,26,28). The van der Waals surface area contributed by atoms with Crippen LogP contribution in [0, 0.1) is 0 Å². The lowest BCUT2D eigenvalue weighted by Crippen LogP contribution is -2.36. The fourth-order valence-corrected chi connectivity index (χ4v) is 3.46. The van der Waals surface area contributed by atoms with Crippen LogP contribution >= 0.6 is 0 Å². The first kappa shape index (κ1) is 21.0. The lowest BCUT2D eigenvalue weighted by molar-refractivity contribution is -0.122. The Hall–Kier alpha value is -2.70.